The van der Waals surface area contributed by atoms with Crippen molar-refractivity contribution < 1.29 is 8.83 Å². The summed E-state index contributed by atoms with van der Waals surface area (Å²) in [6.07, 6.45) is 0. The minimum absolute atomic E-state index is 0.695. The van der Waals surface area contributed by atoms with Gasteiger partial charge in [-0.1, -0.05) is 406 Å². The Morgan fingerprint density at radius 1 is 0.129 bits per heavy atom. The Morgan fingerprint density at radius 2 is 0.471 bits per heavy atom. The molecule has 0 fully saturated rings. The van der Waals surface area contributed by atoms with Crippen molar-refractivity contribution in [3.05, 3.63) is 473 Å². The molecular formula is C132H78N6O2. The lowest BCUT2D eigenvalue weighted by Crippen LogP contribution is -1.96. The molecule has 5 aromatic heterocycles. The van der Waals surface area contributed by atoms with Crippen LogP contribution >= 0.6 is 0 Å². The summed E-state index contributed by atoms with van der Waals surface area (Å²) in [4.78, 5) is 31.2. The fourth-order valence-electron chi connectivity index (χ4n) is 22.0. The van der Waals surface area contributed by atoms with Gasteiger partial charge in [0.05, 0.1) is 33.6 Å². The monoisotopic (exact) mass is 1780 g/mol. The number of fused-ring (bicyclic) bond motifs is 30. The summed E-state index contributed by atoms with van der Waals surface area (Å²) in [5.74, 6) is 2.13. The molecule has 0 saturated carbocycles. The molecule has 30 aromatic rings. The van der Waals surface area contributed by atoms with Crippen molar-refractivity contribution in [1.29, 1.82) is 0 Å². The molecule has 8 nitrogen and oxygen atoms in total. The lowest BCUT2D eigenvalue weighted by molar-refractivity contribution is 0.668. The fourth-order valence-corrected chi connectivity index (χ4v) is 22.0. The molecule has 0 saturated heterocycles. The third-order valence-electron chi connectivity index (χ3n) is 28.5. The summed E-state index contributed by atoms with van der Waals surface area (Å²) in [5, 5.41) is 37.4. The highest BCUT2D eigenvalue weighted by Crippen LogP contribution is 2.48. The van der Waals surface area contributed by atoms with Crippen LogP contribution in [0.2, 0.25) is 0 Å². The molecule has 0 amide bonds. The number of nitrogens with zero attached hydrogens (tertiary/aromatic N) is 6. The Hall–Kier alpha value is -18.8. The largest absolute Gasteiger partial charge is 0.456 e. The van der Waals surface area contributed by atoms with Gasteiger partial charge in [-0.3, -0.25) is 0 Å². The van der Waals surface area contributed by atoms with Gasteiger partial charge in [-0.05, 0) is 218 Å². The molecule has 0 unspecified atom stereocenters. The van der Waals surface area contributed by atoms with Crippen LogP contribution in [0.1, 0.15) is 0 Å². The molecule has 0 aliphatic heterocycles. The smallest absolute Gasteiger partial charge is 0.160 e. The number of benzene rings is 25. The van der Waals surface area contributed by atoms with Crippen LogP contribution in [0, 0.1) is 0 Å². The average Bonchev–Trinajstić information content (AvgIpc) is 0.854. The molecule has 0 aliphatic carbocycles. The van der Waals surface area contributed by atoms with Gasteiger partial charge in [-0.25, -0.2) is 29.9 Å². The van der Waals surface area contributed by atoms with Crippen LogP contribution in [0.3, 0.4) is 0 Å². The van der Waals surface area contributed by atoms with E-state index in [1.54, 1.807) is 0 Å². The molecule has 25 aromatic carbocycles. The van der Waals surface area contributed by atoms with E-state index >= 15 is 0 Å². The van der Waals surface area contributed by atoms with Crippen molar-refractivity contribution in [3.8, 4) is 90.2 Å². The van der Waals surface area contributed by atoms with E-state index in [0.717, 1.165) is 138 Å². The Labute approximate surface area is 802 Å². The predicted molar refractivity (Wildman–Crippen MR) is 587 cm³/mol. The molecule has 30 rings (SSSR count). The maximum Gasteiger partial charge on any atom is 0.160 e. The zero-order valence-corrected chi connectivity index (χ0v) is 75.5. The first-order valence-electron chi connectivity index (χ1n) is 47.6. The highest BCUT2D eigenvalue weighted by molar-refractivity contribution is 6.31. The van der Waals surface area contributed by atoms with E-state index in [1.165, 1.54) is 146 Å². The van der Waals surface area contributed by atoms with Crippen molar-refractivity contribution in [2.45, 2.75) is 0 Å². The van der Waals surface area contributed by atoms with Gasteiger partial charge in [-0.15, -0.1) is 0 Å². The van der Waals surface area contributed by atoms with Crippen LogP contribution < -0.4 is 0 Å². The van der Waals surface area contributed by atoms with Crippen LogP contribution in [0.15, 0.2) is 482 Å². The summed E-state index contributed by atoms with van der Waals surface area (Å²) in [6.45, 7) is 0. The normalized spacial score (nSPS) is 11.9. The van der Waals surface area contributed by atoms with Crippen molar-refractivity contribution >= 4 is 206 Å². The average molecular weight is 1780 g/mol. The van der Waals surface area contributed by atoms with Crippen LogP contribution in [0.5, 0.6) is 0 Å². The van der Waals surface area contributed by atoms with Gasteiger partial charge in [0.1, 0.15) is 22.3 Å². The maximum atomic E-state index is 6.31. The molecule has 648 valence electrons. The number of hydrogen-bond acceptors (Lipinski definition) is 8. The van der Waals surface area contributed by atoms with Crippen molar-refractivity contribution in [2.24, 2.45) is 0 Å². The first kappa shape index (κ1) is 79.8. The molecule has 0 radical (unpaired) electrons. The quantitative estimate of drug-likeness (QED) is 0.139. The Balaban J connectivity index is 0.000000103. The summed E-state index contributed by atoms with van der Waals surface area (Å²) in [5.41, 5.74) is 19.8. The highest BCUT2D eigenvalue weighted by atomic mass is 16.3. The summed E-state index contributed by atoms with van der Waals surface area (Å²) in [7, 11) is 0. The van der Waals surface area contributed by atoms with Gasteiger partial charge >= 0.3 is 0 Å². The van der Waals surface area contributed by atoms with Crippen molar-refractivity contribution in [3.63, 3.8) is 0 Å². The number of hydrogen-bond donors (Lipinski definition) is 0. The molecule has 0 bridgehead atoms. The third-order valence-corrected chi connectivity index (χ3v) is 28.5. The first-order valence-corrected chi connectivity index (χ1v) is 47.6. The van der Waals surface area contributed by atoms with Crippen LogP contribution in [-0.4, -0.2) is 29.9 Å². The minimum Gasteiger partial charge on any atom is -0.456 e. The fraction of sp³-hybridized carbons (Fsp3) is 0. The third kappa shape index (κ3) is 13.3. The second-order valence-electron chi connectivity index (χ2n) is 36.4. The molecule has 0 aliphatic rings. The van der Waals surface area contributed by atoms with E-state index in [9.17, 15) is 0 Å². The van der Waals surface area contributed by atoms with Crippen molar-refractivity contribution in [2.75, 3.05) is 0 Å². The van der Waals surface area contributed by atoms with Gasteiger partial charge in [0.15, 0.2) is 17.5 Å². The zero-order valence-electron chi connectivity index (χ0n) is 75.5. The number of furan rings is 2. The second-order valence-corrected chi connectivity index (χ2v) is 36.4. The number of para-hydroxylation sites is 4. The first-order chi connectivity index (χ1) is 69.4. The molecule has 5 heterocycles. The van der Waals surface area contributed by atoms with Gasteiger partial charge in [0.25, 0.3) is 0 Å². The summed E-state index contributed by atoms with van der Waals surface area (Å²) < 4.78 is 12.5. The standard InChI is InChI=1S/C48H28N2O.C42H24N2O.C42H26N2/c1-2-13-31(14-3-1)48-49-41-28-32(24-25-36(41)47(50-48)39-18-10-20-43-46(39)37-17-8-9-19-42(37)51-43)40-27-33-22-21-29-11-4-6-15-34(29)44(33)38-26-23-30-12-5-7-16-35(30)45(38)40;1-2-9-30-25(8-1)16-17-26-18-22-31-29-21-20-28(24-27(29)19-23-32(31)39(26)30)42-43-36-13-5-3-10-33(36)41(44-42)35-12-7-15-38-40(35)34-11-4-6-14-37(34)45-38;1-2-8-27(9-3-1)28-14-19-32(20-15-28)41-37-12-6-7-13-39(37)43-42(44-41)33-21-17-30-16-18-31-23-24-35-34-11-5-4-10-29(34)22-25-36(35)40(31)38(30)26-33/h1-28H;1-24H;1-26H. The van der Waals surface area contributed by atoms with E-state index in [2.05, 4.69) is 394 Å². The van der Waals surface area contributed by atoms with E-state index in [1.807, 2.05) is 78.9 Å². The SMILES string of the molecule is c1ccc(-c2ccc(-c3nc(-c4ccc5ccc6ccc7c8ccccc8ccc7c6c5c4)nc4ccccc34)cc2)cc1.c1ccc(-c2nc(-c3cccc4oc5ccccc5c34)c3ccc(-c4cc5ccc6ccccc6c5c5ccc6ccccc6c45)cc3n2)cc1.c1ccc2c(c1)ccc1ccc3c4ccc(-c5nc(-c6cccc7oc8ccccc8c67)c6ccccc6n5)cc4ccc3c12. The summed E-state index contributed by atoms with van der Waals surface area (Å²) in [6, 6.07) is 168. The number of rotatable bonds is 8. The van der Waals surface area contributed by atoms with E-state index < -0.39 is 0 Å². The lowest BCUT2D eigenvalue weighted by Gasteiger charge is -2.16. The molecular weight excluding hydrogens is 1700 g/mol. The Kier molecular flexibility index (Phi) is 18.5. The van der Waals surface area contributed by atoms with Crippen LogP contribution in [-0.2, 0) is 0 Å². The van der Waals surface area contributed by atoms with Gasteiger partial charge in [0.2, 0.25) is 0 Å². The predicted octanol–water partition coefficient (Wildman–Crippen LogP) is 35.9. The molecule has 8 heteroatoms. The molecule has 0 spiro atoms. The van der Waals surface area contributed by atoms with Gasteiger partial charge < -0.3 is 8.83 Å². The van der Waals surface area contributed by atoms with E-state index in [0.29, 0.717) is 11.6 Å². The Morgan fingerprint density at radius 3 is 1.07 bits per heavy atom. The van der Waals surface area contributed by atoms with E-state index in [-0.39, 0.29) is 0 Å². The van der Waals surface area contributed by atoms with E-state index in [4.69, 9.17) is 38.7 Å². The van der Waals surface area contributed by atoms with Gasteiger partial charge in [0, 0.05) is 71.1 Å². The molecule has 0 atom stereocenters. The zero-order chi connectivity index (χ0) is 92.0. The topological polar surface area (TPSA) is 104 Å². The second kappa shape index (κ2) is 32.5. The Bertz CT molecular complexity index is 10400. The van der Waals surface area contributed by atoms with Crippen LogP contribution in [0.4, 0.5) is 0 Å². The van der Waals surface area contributed by atoms with Crippen molar-refractivity contribution in [1.82, 2.24) is 29.9 Å². The van der Waals surface area contributed by atoms with Crippen LogP contribution in [0.25, 0.3) is 296 Å². The van der Waals surface area contributed by atoms with Gasteiger partial charge in [-0.2, -0.15) is 0 Å². The summed E-state index contributed by atoms with van der Waals surface area (Å²) >= 11 is 0. The molecule has 0 N–H and O–H groups in total. The minimum atomic E-state index is 0.695. The lowest BCUT2D eigenvalue weighted by atomic mass is 9.88. The highest BCUT2D eigenvalue weighted by Gasteiger charge is 2.25. The number of aromatic nitrogens is 6. The molecule has 140 heavy (non-hydrogen) atoms. The maximum absolute atomic E-state index is 6.31.